The number of Topliss-reactive ketones (excluding diaryl/α,β-unsaturated/α-hetero) is 1. The van der Waals surface area contributed by atoms with Gasteiger partial charge in [-0.3, -0.25) is 4.79 Å². The standard InChI is InChI=1S/C15H24O5/c1-15(10-5-4-9-14(17)19-3)12(16)7-6-8-13(15)20-11-18-2/h4,9,13H,5-8,10-11H2,1-3H3/b9-4+/t13-,15-/m0/s1. The SMILES string of the molecule is COCO[C@H]1CCCC(=O)[C@]1(C)CC/C=C/C(=O)OC. The molecule has 0 N–H and O–H groups in total. The van der Waals surface area contributed by atoms with Gasteiger partial charge in [0.2, 0.25) is 0 Å². The average Bonchev–Trinajstić information content (AvgIpc) is 2.45. The fourth-order valence-electron chi connectivity index (χ4n) is 2.58. The molecule has 5 nitrogen and oxygen atoms in total. The molecule has 2 atom stereocenters. The van der Waals surface area contributed by atoms with Crippen LogP contribution in [0.5, 0.6) is 0 Å². The van der Waals surface area contributed by atoms with Gasteiger partial charge in [0.1, 0.15) is 12.6 Å². The molecule has 1 fully saturated rings. The van der Waals surface area contributed by atoms with E-state index in [9.17, 15) is 9.59 Å². The normalized spacial score (nSPS) is 26.9. The van der Waals surface area contributed by atoms with Crippen LogP contribution in [0.1, 0.15) is 39.0 Å². The minimum atomic E-state index is -0.503. The van der Waals surface area contributed by atoms with Gasteiger partial charge in [0.25, 0.3) is 0 Å². The molecule has 20 heavy (non-hydrogen) atoms. The van der Waals surface area contributed by atoms with Crippen molar-refractivity contribution in [2.24, 2.45) is 5.41 Å². The first-order valence-electron chi connectivity index (χ1n) is 6.93. The maximum Gasteiger partial charge on any atom is 0.330 e. The summed E-state index contributed by atoms with van der Waals surface area (Å²) in [5.74, 6) is -0.145. The second kappa shape index (κ2) is 8.17. The number of hydrogen-bond donors (Lipinski definition) is 0. The summed E-state index contributed by atoms with van der Waals surface area (Å²) < 4.78 is 15.1. The molecule has 0 bridgehead atoms. The Morgan fingerprint density at radius 2 is 2.20 bits per heavy atom. The Hall–Kier alpha value is -1.20. The van der Waals surface area contributed by atoms with E-state index in [4.69, 9.17) is 9.47 Å². The molecule has 0 aromatic carbocycles. The highest BCUT2D eigenvalue weighted by molar-refractivity contribution is 5.86. The largest absolute Gasteiger partial charge is 0.466 e. The molecule has 0 aromatic rings. The number of rotatable bonds is 7. The van der Waals surface area contributed by atoms with E-state index in [1.54, 1.807) is 13.2 Å². The van der Waals surface area contributed by atoms with Gasteiger partial charge in [-0.1, -0.05) is 13.0 Å². The van der Waals surface area contributed by atoms with Crippen LogP contribution in [0.4, 0.5) is 0 Å². The zero-order valence-electron chi connectivity index (χ0n) is 12.5. The summed E-state index contributed by atoms with van der Waals surface area (Å²) in [4.78, 5) is 23.2. The lowest BCUT2D eigenvalue weighted by Gasteiger charge is -2.39. The topological polar surface area (TPSA) is 61.8 Å². The number of allylic oxidation sites excluding steroid dienone is 1. The van der Waals surface area contributed by atoms with E-state index in [2.05, 4.69) is 4.74 Å². The van der Waals surface area contributed by atoms with E-state index >= 15 is 0 Å². The summed E-state index contributed by atoms with van der Waals surface area (Å²) in [6.07, 6.45) is 6.65. The number of ether oxygens (including phenoxy) is 3. The van der Waals surface area contributed by atoms with Crippen molar-refractivity contribution in [3.8, 4) is 0 Å². The van der Waals surface area contributed by atoms with Crippen LogP contribution in [0.25, 0.3) is 0 Å². The van der Waals surface area contributed by atoms with E-state index in [1.165, 1.54) is 13.2 Å². The first kappa shape index (κ1) is 16.9. The Bertz CT molecular complexity index is 363. The van der Waals surface area contributed by atoms with E-state index in [-0.39, 0.29) is 24.6 Å². The third kappa shape index (κ3) is 4.42. The van der Waals surface area contributed by atoms with Crippen molar-refractivity contribution >= 4 is 11.8 Å². The van der Waals surface area contributed by atoms with Crippen molar-refractivity contribution in [1.29, 1.82) is 0 Å². The summed E-state index contributed by atoms with van der Waals surface area (Å²) in [5, 5.41) is 0. The van der Waals surface area contributed by atoms with Gasteiger partial charge in [-0.25, -0.2) is 4.79 Å². The molecule has 1 rings (SSSR count). The second-order valence-electron chi connectivity index (χ2n) is 5.26. The van der Waals surface area contributed by atoms with Crippen molar-refractivity contribution in [2.45, 2.75) is 45.1 Å². The average molecular weight is 284 g/mol. The third-order valence-corrected chi connectivity index (χ3v) is 3.89. The van der Waals surface area contributed by atoms with Crippen molar-refractivity contribution in [3.05, 3.63) is 12.2 Å². The van der Waals surface area contributed by atoms with Gasteiger partial charge in [-0.05, 0) is 25.7 Å². The predicted molar refractivity (Wildman–Crippen MR) is 74.1 cm³/mol. The minimum absolute atomic E-state index is 0.116. The Kier molecular flexibility index (Phi) is 6.88. The zero-order valence-corrected chi connectivity index (χ0v) is 12.5. The zero-order chi connectivity index (χ0) is 15.0. The maximum atomic E-state index is 12.2. The lowest BCUT2D eigenvalue weighted by Crippen LogP contribution is -2.45. The van der Waals surface area contributed by atoms with E-state index in [0.29, 0.717) is 19.3 Å². The predicted octanol–water partition coefficient (Wildman–Crippen LogP) is 2.24. The molecule has 114 valence electrons. The van der Waals surface area contributed by atoms with E-state index in [0.717, 1.165) is 12.8 Å². The molecule has 0 spiro atoms. The van der Waals surface area contributed by atoms with Gasteiger partial charge >= 0.3 is 5.97 Å². The number of carbonyl (C=O) groups excluding carboxylic acids is 2. The molecule has 1 aliphatic rings. The molecule has 5 heteroatoms. The molecule has 0 unspecified atom stereocenters. The van der Waals surface area contributed by atoms with Crippen LogP contribution in [0.3, 0.4) is 0 Å². The maximum absolute atomic E-state index is 12.2. The molecule has 0 radical (unpaired) electrons. The highest BCUT2D eigenvalue weighted by Crippen LogP contribution is 2.39. The molecule has 1 aliphatic carbocycles. The van der Waals surface area contributed by atoms with Crippen LogP contribution in [0.2, 0.25) is 0 Å². The van der Waals surface area contributed by atoms with Gasteiger partial charge in [0, 0.05) is 19.6 Å². The number of carbonyl (C=O) groups is 2. The molecule has 0 amide bonds. The summed E-state index contributed by atoms with van der Waals surface area (Å²) >= 11 is 0. The minimum Gasteiger partial charge on any atom is -0.466 e. The fraction of sp³-hybridized carbons (Fsp3) is 0.733. The van der Waals surface area contributed by atoms with Crippen molar-refractivity contribution in [1.82, 2.24) is 0 Å². The van der Waals surface area contributed by atoms with Crippen LogP contribution in [-0.4, -0.2) is 38.9 Å². The highest BCUT2D eigenvalue weighted by atomic mass is 16.7. The molecule has 0 heterocycles. The van der Waals surface area contributed by atoms with Gasteiger partial charge in [0.15, 0.2) is 0 Å². The van der Waals surface area contributed by atoms with Gasteiger partial charge < -0.3 is 14.2 Å². The number of esters is 1. The molecule has 0 aliphatic heterocycles. The summed E-state index contributed by atoms with van der Waals surface area (Å²) in [7, 11) is 2.91. The fourth-order valence-corrected chi connectivity index (χ4v) is 2.58. The van der Waals surface area contributed by atoms with Gasteiger partial charge in [-0.2, -0.15) is 0 Å². The van der Waals surface area contributed by atoms with Crippen LogP contribution in [-0.2, 0) is 23.8 Å². The quantitative estimate of drug-likeness (QED) is 0.407. The summed E-state index contributed by atoms with van der Waals surface area (Å²) in [5.41, 5.74) is -0.503. The first-order valence-corrected chi connectivity index (χ1v) is 6.93. The summed E-state index contributed by atoms with van der Waals surface area (Å²) in [6.45, 7) is 2.15. The lowest BCUT2D eigenvalue weighted by molar-refractivity contribution is -0.157. The molecule has 0 aromatic heterocycles. The number of methoxy groups -OCH3 is 2. The highest BCUT2D eigenvalue weighted by Gasteiger charge is 2.43. The third-order valence-electron chi connectivity index (χ3n) is 3.89. The Balaban J connectivity index is 2.61. The molecule has 1 saturated carbocycles. The molecular formula is C15H24O5. The number of ketones is 1. The van der Waals surface area contributed by atoms with Gasteiger partial charge in [0.05, 0.1) is 18.6 Å². The molecule has 0 saturated heterocycles. The monoisotopic (exact) mass is 284 g/mol. The Labute approximate surface area is 120 Å². The van der Waals surface area contributed by atoms with Crippen LogP contribution in [0, 0.1) is 5.41 Å². The summed E-state index contributed by atoms with van der Waals surface area (Å²) in [6, 6.07) is 0. The van der Waals surface area contributed by atoms with Crippen molar-refractivity contribution in [2.75, 3.05) is 21.0 Å². The Morgan fingerprint density at radius 1 is 1.45 bits per heavy atom. The van der Waals surface area contributed by atoms with Crippen LogP contribution >= 0.6 is 0 Å². The first-order chi connectivity index (χ1) is 9.54. The lowest BCUT2D eigenvalue weighted by atomic mass is 9.69. The van der Waals surface area contributed by atoms with Gasteiger partial charge in [-0.15, -0.1) is 0 Å². The molecular weight excluding hydrogens is 260 g/mol. The van der Waals surface area contributed by atoms with E-state index in [1.807, 2.05) is 6.92 Å². The van der Waals surface area contributed by atoms with Crippen molar-refractivity contribution in [3.63, 3.8) is 0 Å². The Morgan fingerprint density at radius 3 is 2.85 bits per heavy atom. The van der Waals surface area contributed by atoms with E-state index < -0.39 is 5.41 Å². The van der Waals surface area contributed by atoms with Crippen LogP contribution < -0.4 is 0 Å². The second-order valence-corrected chi connectivity index (χ2v) is 5.26. The van der Waals surface area contributed by atoms with Crippen molar-refractivity contribution < 1.29 is 23.8 Å². The smallest absolute Gasteiger partial charge is 0.330 e. The number of hydrogen-bond acceptors (Lipinski definition) is 5. The van der Waals surface area contributed by atoms with Crippen LogP contribution in [0.15, 0.2) is 12.2 Å².